The molecule has 0 saturated carbocycles. The van der Waals surface area contributed by atoms with Crippen LogP contribution in [0.5, 0.6) is 0 Å². The lowest BCUT2D eigenvalue weighted by atomic mass is 10.2. The van der Waals surface area contributed by atoms with Gasteiger partial charge >= 0.3 is 0 Å². The van der Waals surface area contributed by atoms with Crippen LogP contribution in [0.25, 0.3) is 0 Å². The second-order valence-electron chi connectivity index (χ2n) is 4.12. The number of rotatable bonds is 6. The highest BCUT2D eigenvalue weighted by atomic mass is 16.5. The Morgan fingerprint density at radius 2 is 2.00 bits per heavy atom. The molecular weight excluding hydrogens is 230 g/mol. The van der Waals surface area contributed by atoms with E-state index in [9.17, 15) is 0 Å². The first-order valence-electron chi connectivity index (χ1n) is 6.01. The molecule has 5 heteroatoms. The van der Waals surface area contributed by atoms with Crippen LogP contribution in [-0.4, -0.2) is 28.4 Å². The molecular formula is C13H17N3O2. The van der Waals surface area contributed by atoms with E-state index in [1.165, 1.54) is 5.56 Å². The molecule has 5 nitrogen and oxygen atoms in total. The third-order valence-corrected chi connectivity index (χ3v) is 2.57. The summed E-state index contributed by atoms with van der Waals surface area (Å²) in [6, 6.07) is 8.21. The van der Waals surface area contributed by atoms with Crippen molar-refractivity contribution in [3.63, 3.8) is 0 Å². The summed E-state index contributed by atoms with van der Waals surface area (Å²) in [7, 11) is 0. The van der Waals surface area contributed by atoms with E-state index in [0.29, 0.717) is 24.6 Å². The fourth-order valence-electron chi connectivity index (χ4n) is 1.58. The highest BCUT2D eigenvalue weighted by molar-refractivity contribution is 5.44. The van der Waals surface area contributed by atoms with Crippen LogP contribution in [0.3, 0.4) is 0 Å². The first-order valence-corrected chi connectivity index (χ1v) is 6.01. The van der Waals surface area contributed by atoms with E-state index in [1.54, 1.807) is 0 Å². The van der Waals surface area contributed by atoms with Crippen molar-refractivity contribution in [2.75, 3.05) is 18.5 Å². The van der Waals surface area contributed by atoms with Crippen LogP contribution < -0.4 is 5.32 Å². The van der Waals surface area contributed by atoms with Crippen molar-refractivity contribution in [2.45, 2.75) is 19.8 Å². The van der Waals surface area contributed by atoms with Gasteiger partial charge in [0.05, 0.1) is 6.61 Å². The van der Waals surface area contributed by atoms with Crippen LogP contribution >= 0.6 is 0 Å². The zero-order chi connectivity index (χ0) is 12.8. The topological polar surface area (TPSA) is 71.2 Å². The summed E-state index contributed by atoms with van der Waals surface area (Å²) in [4.78, 5) is 4.17. The standard InChI is InChI=1S/C13H17N3O2/c1-10-2-4-11(5-3-10)14-8-6-13-15-12(7-9-17)16-18-13/h2-5,14,17H,6-9H2,1H3. The molecule has 18 heavy (non-hydrogen) atoms. The molecule has 0 amide bonds. The van der Waals surface area contributed by atoms with Gasteiger partial charge in [-0.15, -0.1) is 0 Å². The largest absolute Gasteiger partial charge is 0.396 e. The molecule has 0 fully saturated rings. The molecule has 1 heterocycles. The number of aliphatic hydroxyl groups excluding tert-OH is 1. The van der Waals surface area contributed by atoms with Crippen LogP contribution in [0, 0.1) is 6.92 Å². The van der Waals surface area contributed by atoms with E-state index < -0.39 is 0 Å². The minimum absolute atomic E-state index is 0.0423. The van der Waals surface area contributed by atoms with Gasteiger partial charge < -0.3 is 14.9 Å². The van der Waals surface area contributed by atoms with Crippen LogP contribution in [-0.2, 0) is 12.8 Å². The Balaban J connectivity index is 1.79. The van der Waals surface area contributed by atoms with Crippen molar-refractivity contribution < 1.29 is 9.63 Å². The molecule has 0 aliphatic carbocycles. The Morgan fingerprint density at radius 3 is 2.72 bits per heavy atom. The third kappa shape index (κ3) is 3.56. The fourth-order valence-corrected chi connectivity index (χ4v) is 1.58. The molecule has 2 aromatic rings. The Labute approximate surface area is 106 Å². The number of nitrogens with zero attached hydrogens (tertiary/aromatic N) is 2. The molecule has 0 saturated heterocycles. The lowest BCUT2D eigenvalue weighted by molar-refractivity contribution is 0.293. The Hall–Kier alpha value is -1.88. The quantitative estimate of drug-likeness (QED) is 0.810. The summed E-state index contributed by atoms with van der Waals surface area (Å²) in [5.74, 6) is 1.15. The minimum Gasteiger partial charge on any atom is -0.396 e. The molecule has 0 bridgehead atoms. The first-order chi connectivity index (χ1) is 8.78. The smallest absolute Gasteiger partial charge is 0.228 e. The number of aromatic nitrogens is 2. The van der Waals surface area contributed by atoms with Gasteiger partial charge in [-0.25, -0.2) is 0 Å². The third-order valence-electron chi connectivity index (χ3n) is 2.57. The Bertz CT molecular complexity index is 479. The highest BCUT2D eigenvalue weighted by Crippen LogP contribution is 2.08. The molecule has 96 valence electrons. The predicted octanol–water partition coefficient (Wildman–Crippen LogP) is 1.57. The summed E-state index contributed by atoms with van der Waals surface area (Å²) in [5, 5.41) is 15.8. The van der Waals surface area contributed by atoms with Crippen LogP contribution in [0.2, 0.25) is 0 Å². The summed E-state index contributed by atoms with van der Waals surface area (Å²) in [6.45, 7) is 2.84. The maximum absolute atomic E-state index is 8.74. The molecule has 0 aliphatic rings. The van der Waals surface area contributed by atoms with Crippen LogP contribution in [0.4, 0.5) is 5.69 Å². The number of hydrogen-bond donors (Lipinski definition) is 2. The van der Waals surface area contributed by atoms with Crippen LogP contribution in [0.15, 0.2) is 28.8 Å². The van der Waals surface area contributed by atoms with E-state index in [2.05, 4.69) is 34.5 Å². The van der Waals surface area contributed by atoms with Gasteiger partial charge in [-0.05, 0) is 19.1 Å². The molecule has 0 unspecified atom stereocenters. The van der Waals surface area contributed by atoms with Gasteiger partial charge in [-0.2, -0.15) is 4.98 Å². The van der Waals surface area contributed by atoms with Crippen LogP contribution in [0.1, 0.15) is 17.3 Å². The molecule has 1 aromatic heterocycles. The van der Waals surface area contributed by atoms with Crippen molar-refractivity contribution in [1.82, 2.24) is 10.1 Å². The average Bonchev–Trinajstić information content (AvgIpc) is 2.80. The SMILES string of the molecule is Cc1ccc(NCCc2nc(CCO)no2)cc1. The summed E-state index contributed by atoms with van der Waals surface area (Å²) in [5.41, 5.74) is 2.32. The fraction of sp³-hybridized carbons (Fsp3) is 0.385. The van der Waals surface area contributed by atoms with Gasteiger partial charge in [-0.3, -0.25) is 0 Å². The normalized spacial score (nSPS) is 10.6. The monoisotopic (exact) mass is 247 g/mol. The number of anilines is 1. The van der Waals surface area contributed by atoms with Gasteiger partial charge in [-0.1, -0.05) is 22.9 Å². The second-order valence-corrected chi connectivity index (χ2v) is 4.12. The maximum Gasteiger partial charge on any atom is 0.228 e. The number of nitrogens with one attached hydrogen (secondary N) is 1. The summed E-state index contributed by atoms with van der Waals surface area (Å²) < 4.78 is 5.06. The number of aryl methyl sites for hydroxylation is 1. The zero-order valence-electron chi connectivity index (χ0n) is 10.4. The average molecular weight is 247 g/mol. The lowest BCUT2D eigenvalue weighted by Gasteiger charge is -2.04. The maximum atomic E-state index is 8.74. The first kappa shape index (κ1) is 12.6. The van der Waals surface area contributed by atoms with E-state index in [4.69, 9.17) is 9.63 Å². The van der Waals surface area contributed by atoms with E-state index >= 15 is 0 Å². The van der Waals surface area contributed by atoms with Gasteiger partial charge in [0, 0.05) is 25.1 Å². The molecule has 2 rings (SSSR count). The van der Waals surface area contributed by atoms with Crippen molar-refractivity contribution >= 4 is 5.69 Å². The second kappa shape index (κ2) is 6.16. The van der Waals surface area contributed by atoms with E-state index in [0.717, 1.165) is 12.2 Å². The van der Waals surface area contributed by atoms with Gasteiger partial charge in [0.15, 0.2) is 5.82 Å². The van der Waals surface area contributed by atoms with Gasteiger partial charge in [0.25, 0.3) is 0 Å². The number of aliphatic hydroxyl groups is 1. The Morgan fingerprint density at radius 1 is 1.22 bits per heavy atom. The van der Waals surface area contributed by atoms with Crippen molar-refractivity contribution in [3.05, 3.63) is 41.5 Å². The molecule has 0 radical (unpaired) electrons. The van der Waals surface area contributed by atoms with Gasteiger partial charge in [0.2, 0.25) is 5.89 Å². The van der Waals surface area contributed by atoms with E-state index in [-0.39, 0.29) is 6.61 Å². The van der Waals surface area contributed by atoms with Gasteiger partial charge in [0.1, 0.15) is 0 Å². The van der Waals surface area contributed by atoms with Crippen molar-refractivity contribution in [3.8, 4) is 0 Å². The lowest BCUT2D eigenvalue weighted by Crippen LogP contribution is -2.05. The molecule has 1 aromatic carbocycles. The van der Waals surface area contributed by atoms with E-state index in [1.807, 2.05) is 12.1 Å². The Kier molecular flexibility index (Phi) is 4.30. The molecule has 2 N–H and O–H groups in total. The number of benzene rings is 1. The zero-order valence-corrected chi connectivity index (χ0v) is 10.4. The number of hydrogen-bond acceptors (Lipinski definition) is 5. The molecule has 0 spiro atoms. The van der Waals surface area contributed by atoms with Crippen molar-refractivity contribution in [2.24, 2.45) is 0 Å². The molecule has 0 atom stereocenters. The predicted molar refractivity (Wildman–Crippen MR) is 68.5 cm³/mol. The molecule has 0 aliphatic heterocycles. The highest BCUT2D eigenvalue weighted by Gasteiger charge is 2.04. The summed E-state index contributed by atoms with van der Waals surface area (Å²) >= 11 is 0. The van der Waals surface area contributed by atoms with Crippen molar-refractivity contribution in [1.29, 1.82) is 0 Å². The summed E-state index contributed by atoms with van der Waals surface area (Å²) in [6.07, 6.45) is 1.11. The minimum atomic E-state index is 0.0423.